The highest BCUT2D eigenvalue weighted by atomic mass is 32.2. The average molecular weight is 530 g/mol. The molecule has 0 spiro atoms. The molecule has 0 aromatic heterocycles. The molecule has 0 bridgehead atoms. The Morgan fingerprint density at radius 2 is 0.906 bits per heavy atom. The molecule has 0 saturated heterocycles. The molecule has 0 aliphatic rings. The van der Waals surface area contributed by atoms with Gasteiger partial charge in [0.15, 0.2) is 23.4 Å². The van der Waals surface area contributed by atoms with Crippen LogP contribution in [0.2, 0.25) is 0 Å². The molecular weight excluding hydrogens is 521 g/mol. The topological polar surface area (TPSA) is 122 Å². The summed E-state index contributed by atoms with van der Waals surface area (Å²) in [6.07, 6.45) is 0. The van der Waals surface area contributed by atoms with Gasteiger partial charge >= 0.3 is 28.5 Å². The van der Waals surface area contributed by atoms with Gasteiger partial charge in [0, 0.05) is 24.3 Å². The fraction of sp³-hybridized carbons (Fsp3) is 0.143. The predicted molar refractivity (Wildman–Crippen MR) is 90.1 cm³/mol. The number of benzene rings is 2. The van der Waals surface area contributed by atoms with Crippen LogP contribution in [0.4, 0.5) is 26.3 Å². The Hall–Kier alpha value is -2.01. The van der Waals surface area contributed by atoms with Crippen molar-refractivity contribution in [2.45, 2.75) is 9.79 Å². The number of hydrogen-bond donors (Lipinski definition) is 0. The smallest absolute Gasteiger partial charge is 0.282 e. The Bertz CT molecular complexity index is 1110. The van der Waals surface area contributed by atoms with Crippen LogP contribution >= 0.6 is 8.25 Å². The lowest BCUT2D eigenvalue weighted by Crippen LogP contribution is -2.14. The Morgan fingerprint density at radius 3 is 1.19 bits per heavy atom. The molecule has 0 fully saturated rings. The summed E-state index contributed by atoms with van der Waals surface area (Å²) in [6, 6.07) is 0.209. The third kappa shape index (κ3) is 6.50. The minimum Gasteiger partial charge on any atom is -0.282 e. The van der Waals surface area contributed by atoms with Crippen LogP contribution in [0.5, 0.6) is 0 Å². The van der Waals surface area contributed by atoms with Crippen LogP contribution in [0.25, 0.3) is 0 Å². The summed E-state index contributed by atoms with van der Waals surface area (Å²) >= 11 is 0. The zero-order valence-electron chi connectivity index (χ0n) is 15.0. The lowest BCUT2D eigenvalue weighted by Gasteiger charge is -2.10. The van der Waals surface area contributed by atoms with E-state index < -0.39 is 86.8 Å². The standard InChI is InChI=1S/C14H9F6O9PS2/c15-7-1-9(17)13(10(18)2-7)31(22,23)28-5-26-30(21)27-6-29-32(24,25)14-11(19)3-8(16)4-12(14)20/h1-4,30H,5-6H2. The van der Waals surface area contributed by atoms with Crippen LogP contribution in [-0.4, -0.2) is 30.4 Å². The molecule has 0 heterocycles. The third-order valence-corrected chi connectivity index (χ3v) is 6.49. The third-order valence-electron chi connectivity index (χ3n) is 3.19. The van der Waals surface area contributed by atoms with Crippen LogP contribution in [0.3, 0.4) is 0 Å². The lowest BCUT2D eigenvalue weighted by molar-refractivity contribution is 0.0749. The summed E-state index contributed by atoms with van der Waals surface area (Å²) in [4.78, 5) is -3.33. The summed E-state index contributed by atoms with van der Waals surface area (Å²) in [7, 11) is -14.1. The van der Waals surface area contributed by atoms with Crippen molar-refractivity contribution in [1.29, 1.82) is 0 Å². The van der Waals surface area contributed by atoms with Gasteiger partial charge in [-0.1, -0.05) is 0 Å². The SMILES string of the molecule is O=[PH](OCOS(=O)(=O)c1c(F)cc(F)cc1F)OCOS(=O)(=O)c1c(F)cc(F)cc1F. The van der Waals surface area contributed by atoms with Gasteiger partial charge in [0.2, 0.25) is 0 Å². The van der Waals surface area contributed by atoms with Crippen molar-refractivity contribution in [3.05, 3.63) is 59.2 Å². The van der Waals surface area contributed by atoms with Crippen LogP contribution in [0, 0.1) is 34.9 Å². The van der Waals surface area contributed by atoms with Crippen molar-refractivity contribution in [3.63, 3.8) is 0 Å². The van der Waals surface area contributed by atoms with Crippen molar-refractivity contribution in [3.8, 4) is 0 Å². The summed E-state index contributed by atoms with van der Waals surface area (Å²) in [5.74, 6) is -10.1. The average Bonchev–Trinajstić information content (AvgIpc) is 2.58. The second-order valence-corrected chi connectivity index (χ2v) is 9.50. The Morgan fingerprint density at radius 1 is 0.625 bits per heavy atom. The Kier molecular flexibility index (Phi) is 8.44. The molecule has 2 rings (SSSR count). The molecule has 0 N–H and O–H groups in total. The van der Waals surface area contributed by atoms with E-state index in [2.05, 4.69) is 17.4 Å². The number of hydrogen-bond acceptors (Lipinski definition) is 9. The molecule has 0 atom stereocenters. The summed E-state index contributed by atoms with van der Waals surface area (Å²) in [5, 5.41) is 0. The molecule has 178 valence electrons. The van der Waals surface area contributed by atoms with Gasteiger partial charge in [-0.15, -0.1) is 0 Å². The largest absolute Gasteiger partial charge is 0.323 e. The van der Waals surface area contributed by atoms with Gasteiger partial charge in [0.25, 0.3) is 0 Å². The summed E-state index contributed by atoms with van der Waals surface area (Å²) in [6.45, 7) is -2.91. The minimum absolute atomic E-state index is 0.0523. The first-order valence-corrected chi connectivity index (χ1v) is 11.7. The summed E-state index contributed by atoms with van der Waals surface area (Å²) < 4.78 is 154. The Balaban J connectivity index is 1.91. The highest BCUT2D eigenvalue weighted by Gasteiger charge is 2.28. The van der Waals surface area contributed by atoms with Gasteiger partial charge in [-0.3, -0.25) is 13.6 Å². The normalized spacial score (nSPS) is 12.5. The molecule has 9 nitrogen and oxygen atoms in total. The van der Waals surface area contributed by atoms with E-state index in [0.29, 0.717) is 0 Å². The van der Waals surface area contributed by atoms with Crippen LogP contribution in [-0.2, 0) is 42.2 Å². The Labute approximate surface area is 176 Å². The molecule has 0 aliphatic carbocycles. The molecule has 2 aromatic rings. The molecule has 0 aliphatic heterocycles. The molecule has 18 heteroatoms. The number of rotatable bonds is 10. The minimum atomic E-state index is -5.19. The van der Waals surface area contributed by atoms with Gasteiger partial charge in [-0.05, 0) is 0 Å². The molecule has 0 radical (unpaired) electrons. The van der Waals surface area contributed by atoms with Crippen molar-refractivity contribution in [2.24, 2.45) is 0 Å². The zero-order valence-corrected chi connectivity index (χ0v) is 17.6. The molecule has 32 heavy (non-hydrogen) atoms. The van der Waals surface area contributed by atoms with E-state index >= 15 is 0 Å². The number of halogens is 6. The fourth-order valence-electron chi connectivity index (χ4n) is 1.97. The van der Waals surface area contributed by atoms with Gasteiger partial charge in [0.05, 0.1) is 0 Å². The molecule has 2 aromatic carbocycles. The van der Waals surface area contributed by atoms with Crippen molar-refractivity contribution >= 4 is 28.5 Å². The second-order valence-electron chi connectivity index (χ2n) is 5.32. The second kappa shape index (κ2) is 10.3. The first kappa shape index (κ1) is 26.2. The van der Waals surface area contributed by atoms with E-state index in [9.17, 15) is 47.7 Å². The molecular formula is C14H9F6O9PS2. The van der Waals surface area contributed by atoms with Gasteiger partial charge in [-0.25, -0.2) is 34.7 Å². The quantitative estimate of drug-likeness (QED) is 0.198. The summed E-state index contributed by atoms with van der Waals surface area (Å²) in [5.41, 5.74) is 0. The highest BCUT2D eigenvalue weighted by Crippen LogP contribution is 2.28. The lowest BCUT2D eigenvalue weighted by atomic mass is 10.3. The van der Waals surface area contributed by atoms with Crippen LogP contribution in [0.15, 0.2) is 34.1 Å². The van der Waals surface area contributed by atoms with Crippen molar-refractivity contribution in [2.75, 3.05) is 13.6 Å². The fourth-order valence-corrected chi connectivity index (χ4v) is 4.31. The first-order valence-electron chi connectivity index (χ1n) is 7.62. The van der Waals surface area contributed by atoms with Gasteiger partial charge in [-0.2, -0.15) is 16.8 Å². The van der Waals surface area contributed by atoms with E-state index in [1.165, 1.54) is 0 Å². The van der Waals surface area contributed by atoms with Crippen LogP contribution < -0.4 is 0 Å². The van der Waals surface area contributed by atoms with E-state index in [1.54, 1.807) is 0 Å². The van der Waals surface area contributed by atoms with Crippen LogP contribution in [0.1, 0.15) is 0 Å². The maximum absolute atomic E-state index is 13.5. The zero-order chi connectivity index (χ0) is 24.3. The molecule has 0 saturated carbocycles. The van der Waals surface area contributed by atoms with E-state index in [4.69, 9.17) is 0 Å². The predicted octanol–water partition coefficient (Wildman–Crippen LogP) is 2.97. The highest BCUT2D eigenvalue weighted by molar-refractivity contribution is 7.87. The van der Waals surface area contributed by atoms with Gasteiger partial charge in [0.1, 0.15) is 34.9 Å². The van der Waals surface area contributed by atoms with E-state index in [1.807, 2.05) is 0 Å². The van der Waals surface area contributed by atoms with Crippen molar-refractivity contribution in [1.82, 2.24) is 0 Å². The first-order chi connectivity index (χ1) is 14.7. The monoisotopic (exact) mass is 530 g/mol. The van der Waals surface area contributed by atoms with Crippen molar-refractivity contribution < 1.29 is 65.2 Å². The van der Waals surface area contributed by atoms with E-state index in [-0.39, 0.29) is 24.3 Å². The molecule has 0 unspecified atom stereocenters. The van der Waals surface area contributed by atoms with E-state index in [0.717, 1.165) is 0 Å². The van der Waals surface area contributed by atoms with Gasteiger partial charge < -0.3 is 0 Å². The maximum Gasteiger partial charge on any atom is 0.323 e. The molecule has 0 amide bonds. The maximum atomic E-state index is 13.5.